The second-order valence-electron chi connectivity index (χ2n) is 11.7. The summed E-state index contributed by atoms with van der Waals surface area (Å²) in [6.07, 6.45) is 6.93. The number of aromatic hydroxyl groups is 1. The first-order valence-corrected chi connectivity index (χ1v) is 13.3. The summed E-state index contributed by atoms with van der Waals surface area (Å²) in [5.41, 5.74) is 7.73. The van der Waals surface area contributed by atoms with E-state index in [2.05, 4.69) is 38.3 Å². The lowest BCUT2D eigenvalue weighted by Gasteiger charge is -2.49. The van der Waals surface area contributed by atoms with E-state index in [9.17, 15) is 5.11 Å². The number of amidine groups is 1. The van der Waals surface area contributed by atoms with Crippen LogP contribution in [0.4, 0.5) is 0 Å². The van der Waals surface area contributed by atoms with Crippen LogP contribution in [0, 0.1) is 5.41 Å². The van der Waals surface area contributed by atoms with E-state index in [1.807, 2.05) is 49.2 Å². The third-order valence-electron chi connectivity index (χ3n) is 7.06. The zero-order chi connectivity index (χ0) is 28.4. The summed E-state index contributed by atoms with van der Waals surface area (Å²) in [6.45, 7) is 10.9. The van der Waals surface area contributed by atoms with E-state index in [1.54, 1.807) is 30.5 Å². The van der Waals surface area contributed by atoms with E-state index in [0.29, 0.717) is 40.2 Å². The van der Waals surface area contributed by atoms with Crippen LogP contribution in [0.25, 0.3) is 11.6 Å². The molecule has 0 atom stereocenters. The van der Waals surface area contributed by atoms with E-state index in [0.717, 1.165) is 24.2 Å². The van der Waals surface area contributed by atoms with Crippen molar-refractivity contribution >= 4 is 17.4 Å². The summed E-state index contributed by atoms with van der Waals surface area (Å²) in [6, 6.07) is 13.4. The quantitative estimate of drug-likeness (QED) is 0.287. The topological polar surface area (TPSA) is 116 Å². The van der Waals surface area contributed by atoms with Crippen LogP contribution in [-0.4, -0.2) is 40.0 Å². The van der Waals surface area contributed by atoms with Gasteiger partial charge in [-0.2, -0.15) is 0 Å². The number of ether oxygens (including phenoxy) is 2. The number of nitrogens with zero attached hydrogens (tertiary/aromatic N) is 1. The van der Waals surface area contributed by atoms with E-state index in [4.69, 9.17) is 20.6 Å². The smallest absolute Gasteiger partial charge is 0.204 e. The molecule has 0 bridgehead atoms. The largest absolute Gasteiger partial charge is 0.507 e. The number of nitrogens with one attached hydrogen (secondary N) is 3. The van der Waals surface area contributed by atoms with Gasteiger partial charge < -0.3 is 35.8 Å². The second kappa shape index (κ2) is 11.1. The molecule has 2 aliphatic rings. The van der Waals surface area contributed by atoms with Gasteiger partial charge in [-0.25, -0.2) is 0 Å². The van der Waals surface area contributed by atoms with Gasteiger partial charge in [0.1, 0.15) is 29.7 Å². The molecule has 1 saturated heterocycles. The zero-order valence-electron chi connectivity index (χ0n) is 23.8. The fourth-order valence-electron chi connectivity index (χ4n) is 5.51. The second-order valence-corrected chi connectivity index (χ2v) is 11.7. The number of phenolic OH excluding ortho intramolecular Hbond substituents is 1. The molecule has 0 radical (unpaired) electrons. The molecule has 0 aliphatic carbocycles. The van der Waals surface area contributed by atoms with Gasteiger partial charge >= 0.3 is 0 Å². The average Bonchev–Trinajstić information content (AvgIpc) is 3.30. The molecule has 2 aromatic carbocycles. The Morgan fingerprint density at radius 3 is 2.44 bits per heavy atom. The van der Waals surface area contributed by atoms with E-state index < -0.39 is 0 Å². The highest BCUT2D eigenvalue weighted by Crippen LogP contribution is 2.31. The number of piperidine rings is 1. The van der Waals surface area contributed by atoms with Crippen LogP contribution in [0.1, 0.15) is 53.0 Å². The van der Waals surface area contributed by atoms with Crippen molar-refractivity contribution in [2.45, 2.75) is 71.2 Å². The predicted molar refractivity (Wildman–Crippen MR) is 156 cm³/mol. The molecule has 0 spiro atoms. The molecular formula is C31H41N5O3. The van der Waals surface area contributed by atoms with Gasteiger partial charge in [0.05, 0.1) is 5.22 Å². The maximum Gasteiger partial charge on any atom is 0.204 e. The SMILES string of the molecule is CC1=CNC(=c2cc(O)c(=C(N)C=CC(=N)N(C)C3CC(C)(C)NC(C)(C)C3)c(OCc3ccccc3)c2)O1. The summed E-state index contributed by atoms with van der Waals surface area (Å²) >= 11 is 0. The molecule has 8 nitrogen and oxygen atoms in total. The standard InChI is InChI=1S/C31H41N5O3/c1-20-18-34-29(39-20)22-14-25(37)28(26(15-22)38-19-21-10-8-7-9-11-21)24(32)12-13-27(33)36(6)23-16-30(2,3)35-31(4,5)17-23/h7-15,18,23,33-35,37H,16-17,19,32H2,1-6H3. The summed E-state index contributed by atoms with van der Waals surface area (Å²) in [4.78, 5) is 2.00. The van der Waals surface area contributed by atoms with Gasteiger partial charge in [0.15, 0.2) is 0 Å². The van der Waals surface area contributed by atoms with Gasteiger partial charge in [-0.05, 0) is 77.3 Å². The molecule has 1 fully saturated rings. The molecule has 0 aromatic heterocycles. The van der Waals surface area contributed by atoms with E-state index in [1.165, 1.54) is 0 Å². The lowest BCUT2D eigenvalue weighted by molar-refractivity contribution is 0.114. The van der Waals surface area contributed by atoms with Crippen molar-refractivity contribution < 1.29 is 14.6 Å². The fourth-order valence-corrected chi connectivity index (χ4v) is 5.51. The lowest BCUT2D eigenvalue weighted by Crippen LogP contribution is -2.62. The number of nitrogens with two attached hydrogens (primary N) is 1. The van der Waals surface area contributed by atoms with Crippen molar-refractivity contribution in [2.75, 3.05) is 7.05 Å². The van der Waals surface area contributed by atoms with Crippen molar-refractivity contribution in [1.82, 2.24) is 15.5 Å². The molecule has 4 rings (SSSR count). The molecule has 2 heterocycles. The van der Waals surface area contributed by atoms with Crippen molar-refractivity contribution in [3.05, 3.63) is 82.6 Å². The molecular weight excluding hydrogens is 490 g/mol. The monoisotopic (exact) mass is 531 g/mol. The number of benzene rings is 2. The Labute approximate surface area is 231 Å². The van der Waals surface area contributed by atoms with Crippen LogP contribution in [0.15, 0.2) is 66.6 Å². The highest BCUT2D eigenvalue weighted by molar-refractivity contribution is 5.92. The van der Waals surface area contributed by atoms with Crippen LogP contribution in [-0.2, 0) is 11.3 Å². The lowest BCUT2D eigenvalue weighted by atomic mass is 9.79. The number of hydrogen-bond donors (Lipinski definition) is 5. The zero-order valence-corrected chi connectivity index (χ0v) is 23.8. The van der Waals surface area contributed by atoms with Gasteiger partial charge in [-0.1, -0.05) is 30.3 Å². The third-order valence-corrected chi connectivity index (χ3v) is 7.06. The normalized spacial score (nSPS) is 20.6. The van der Waals surface area contributed by atoms with Crippen molar-refractivity contribution in [3.8, 4) is 11.5 Å². The molecule has 0 unspecified atom stereocenters. The highest BCUT2D eigenvalue weighted by atomic mass is 16.5. The van der Waals surface area contributed by atoms with Gasteiger partial charge in [0, 0.05) is 41.3 Å². The maximum absolute atomic E-state index is 11.1. The summed E-state index contributed by atoms with van der Waals surface area (Å²) in [5, 5.41) is 27.6. The predicted octanol–water partition coefficient (Wildman–Crippen LogP) is 3.36. The Kier molecular flexibility index (Phi) is 7.97. The Morgan fingerprint density at radius 2 is 1.82 bits per heavy atom. The third kappa shape index (κ3) is 6.95. The molecule has 0 amide bonds. The number of phenols is 1. The molecule has 208 valence electrons. The number of likely N-dealkylation sites (N-methyl/N-ethyl adjacent to an activating group) is 1. The number of allylic oxidation sites excluding steroid dienone is 1. The summed E-state index contributed by atoms with van der Waals surface area (Å²) in [7, 11) is 1.95. The van der Waals surface area contributed by atoms with Crippen LogP contribution < -0.4 is 31.5 Å². The minimum Gasteiger partial charge on any atom is -0.507 e. The van der Waals surface area contributed by atoms with Gasteiger partial charge in [-0.3, -0.25) is 5.41 Å². The Bertz CT molecular complexity index is 1390. The Balaban J connectivity index is 1.65. The highest BCUT2D eigenvalue weighted by Gasteiger charge is 2.39. The van der Waals surface area contributed by atoms with Crippen LogP contribution in [0.3, 0.4) is 0 Å². The molecule has 2 aromatic rings. The Hall–Kier alpha value is -3.91. The molecule has 0 saturated carbocycles. The number of rotatable bonds is 6. The molecule has 2 aliphatic heterocycles. The first-order valence-electron chi connectivity index (χ1n) is 13.3. The minimum atomic E-state index is -0.0399. The van der Waals surface area contributed by atoms with Gasteiger partial charge in [0.25, 0.3) is 0 Å². The first kappa shape index (κ1) is 28.1. The van der Waals surface area contributed by atoms with Gasteiger partial charge in [-0.15, -0.1) is 0 Å². The Morgan fingerprint density at radius 1 is 1.15 bits per heavy atom. The molecule has 6 N–H and O–H groups in total. The van der Waals surface area contributed by atoms with E-state index in [-0.39, 0.29) is 22.9 Å². The van der Waals surface area contributed by atoms with Crippen molar-refractivity contribution in [2.24, 2.45) is 5.73 Å². The van der Waals surface area contributed by atoms with Crippen molar-refractivity contribution in [1.29, 1.82) is 5.41 Å². The van der Waals surface area contributed by atoms with Crippen LogP contribution >= 0.6 is 0 Å². The summed E-state index contributed by atoms with van der Waals surface area (Å²) < 4.78 is 11.9. The maximum atomic E-state index is 11.1. The van der Waals surface area contributed by atoms with E-state index >= 15 is 0 Å². The first-order chi connectivity index (χ1) is 18.3. The average molecular weight is 532 g/mol. The summed E-state index contributed by atoms with van der Waals surface area (Å²) in [5.74, 6) is 1.95. The van der Waals surface area contributed by atoms with Gasteiger partial charge in [0.2, 0.25) is 5.88 Å². The van der Waals surface area contributed by atoms with Crippen molar-refractivity contribution in [3.63, 3.8) is 0 Å². The van der Waals surface area contributed by atoms with Crippen LogP contribution in [0.2, 0.25) is 0 Å². The van der Waals surface area contributed by atoms with Crippen LogP contribution in [0.5, 0.6) is 11.5 Å². The molecule has 8 heteroatoms. The molecule has 39 heavy (non-hydrogen) atoms. The number of hydrogen-bond acceptors (Lipinski definition) is 7. The fraction of sp³-hybridized carbons (Fsp3) is 0.387. The minimum absolute atomic E-state index is 0.0295.